The van der Waals surface area contributed by atoms with Crippen molar-refractivity contribution >= 4 is 50.6 Å². The number of benzene rings is 2. The maximum atomic E-state index is 12.3. The van der Waals surface area contributed by atoms with E-state index in [1.165, 1.54) is 35.2 Å². The Morgan fingerprint density at radius 3 is 2.71 bits per heavy atom. The van der Waals surface area contributed by atoms with Gasteiger partial charge in [-0.3, -0.25) is 14.9 Å². The van der Waals surface area contributed by atoms with E-state index in [4.69, 9.17) is 0 Å². The van der Waals surface area contributed by atoms with Crippen LogP contribution >= 0.6 is 23.1 Å². The van der Waals surface area contributed by atoms with Crippen molar-refractivity contribution in [3.8, 4) is 0 Å². The van der Waals surface area contributed by atoms with E-state index in [1.807, 2.05) is 24.3 Å². The fourth-order valence-electron chi connectivity index (χ4n) is 2.08. The lowest BCUT2D eigenvalue weighted by Gasteiger charge is -2.10. The molecule has 0 unspecified atom stereocenters. The number of hydrogen-bond donors (Lipinski definition) is 1. The van der Waals surface area contributed by atoms with E-state index in [0.29, 0.717) is 0 Å². The van der Waals surface area contributed by atoms with Crippen molar-refractivity contribution in [2.75, 3.05) is 5.32 Å². The third-order valence-corrected chi connectivity index (χ3v) is 5.51. The predicted octanol–water partition coefficient (Wildman–Crippen LogP) is 4.32. The molecule has 24 heavy (non-hydrogen) atoms. The number of thiazole rings is 1. The van der Waals surface area contributed by atoms with Crippen LogP contribution in [-0.2, 0) is 4.79 Å². The number of nitro groups is 1. The quantitative estimate of drug-likeness (QED) is 0.416. The summed E-state index contributed by atoms with van der Waals surface area (Å²) in [6.07, 6.45) is 0. The van der Waals surface area contributed by atoms with Crippen LogP contribution in [-0.4, -0.2) is 21.1 Å². The molecule has 0 aliphatic carbocycles. The SMILES string of the molecule is C[C@H](Sc1nc2ccccc2s1)C(=O)Nc1ccccc1[N+](=O)[O-]. The molecule has 1 atom stereocenters. The zero-order valence-corrected chi connectivity index (χ0v) is 14.3. The van der Waals surface area contributed by atoms with E-state index < -0.39 is 10.2 Å². The summed E-state index contributed by atoms with van der Waals surface area (Å²) < 4.78 is 1.85. The number of nitrogens with one attached hydrogen (secondary N) is 1. The number of hydrogen-bond acceptors (Lipinski definition) is 6. The first-order valence-electron chi connectivity index (χ1n) is 7.11. The average molecular weight is 359 g/mol. The number of para-hydroxylation sites is 3. The maximum Gasteiger partial charge on any atom is 0.292 e. The topological polar surface area (TPSA) is 85.1 Å². The van der Waals surface area contributed by atoms with Gasteiger partial charge in [-0.05, 0) is 25.1 Å². The highest BCUT2D eigenvalue weighted by molar-refractivity contribution is 8.02. The van der Waals surface area contributed by atoms with Gasteiger partial charge in [0.05, 0.1) is 20.4 Å². The normalized spacial score (nSPS) is 12.0. The number of fused-ring (bicyclic) bond motifs is 1. The van der Waals surface area contributed by atoms with Crippen LogP contribution < -0.4 is 5.32 Å². The molecule has 1 aromatic heterocycles. The molecule has 0 saturated heterocycles. The first kappa shape index (κ1) is 16.4. The molecule has 8 heteroatoms. The number of nitrogens with zero attached hydrogens (tertiary/aromatic N) is 2. The van der Waals surface area contributed by atoms with Crippen LogP contribution in [0.15, 0.2) is 52.9 Å². The molecule has 0 aliphatic rings. The highest BCUT2D eigenvalue weighted by Gasteiger charge is 2.20. The summed E-state index contributed by atoms with van der Waals surface area (Å²) in [5.74, 6) is -0.298. The second kappa shape index (κ2) is 6.98. The van der Waals surface area contributed by atoms with Crippen molar-refractivity contribution in [1.82, 2.24) is 4.98 Å². The Labute approximate surface area is 146 Å². The third-order valence-electron chi connectivity index (χ3n) is 3.28. The van der Waals surface area contributed by atoms with Gasteiger partial charge >= 0.3 is 0 Å². The summed E-state index contributed by atoms with van der Waals surface area (Å²) in [4.78, 5) is 27.3. The minimum absolute atomic E-state index is 0.122. The van der Waals surface area contributed by atoms with Gasteiger partial charge < -0.3 is 5.32 Å². The van der Waals surface area contributed by atoms with Gasteiger partial charge in [-0.25, -0.2) is 4.98 Å². The van der Waals surface area contributed by atoms with Gasteiger partial charge in [-0.15, -0.1) is 11.3 Å². The van der Waals surface area contributed by atoms with Crippen LogP contribution in [0.25, 0.3) is 10.2 Å². The standard InChI is InChI=1S/C16H13N3O3S2/c1-10(23-16-18-12-7-3-5-9-14(12)24-16)15(20)17-11-6-2-4-8-13(11)19(21)22/h2-10H,1H3,(H,17,20)/t10-/m0/s1. The highest BCUT2D eigenvalue weighted by atomic mass is 32.2. The van der Waals surface area contributed by atoms with E-state index >= 15 is 0 Å². The van der Waals surface area contributed by atoms with Gasteiger partial charge in [0.25, 0.3) is 5.69 Å². The van der Waals surface area contributed by atoms with Gasteiger partial charge in [-0.2, -0.15) is 0 Å². The average Bonchev–Trinajstić information content (AvgIpc) is 2.97. The van der Waals surface area contributed by atoms with Crippen molar-refractivity contribution in [1.29, 1.82) is 0 Å². The highest BCUT2D eigenvalue weighted by Crippen LogP contribution is 2.32. The first-order valence-corrected chi connectivity index (χ1v) is 8.81. The van der Waals surface area contributed by atoms with E-state index in [9.17, 15) is 14.9 Å². The summed E-state index contributed by atoms with van der Waals surface area (Å²) in [7, 11) is 0. The number of thioether (sulfide) groups is 1. The Balaban J connectivity index is 1.72. The fraction of sp³-hybridized carbons (Fsp3) is 0.125. The number of amides is 1. The van der Waals surface area contributed by atoms with E-state index in [-0.39, 0.29) is 17.3 Å². The number of carbonyl (C=O) groups excluding carboxylic acids is 1. The van der Waals surface area contributed by atoms with Crippen LogP contribution in [0.4, 0.5) is 11.4 Å². The number of carbonyl (C=O) groups is 1. The zero-order chi connectivity index (χ0) is 17.1. The lowest BCUT2D eigenvalue weighted by Crippen LogP contribution is -2.22. The molecular formula is C16H13N3O3S2. The van der Waals surface area contributed by atoms with E-state index in [2.05, 4.69) is 10.3 Å². The molecule has 1 heterocycles. The minimum Gasteiger partial charge on any atom is -0.319 e. The predicted molar refractivity (Wildman–Crippen MR) is 96.7 cm³/mol. The molecule has 3 rings (SSSR count). The Morgan fingerprint density at radius 1 is 1.25 bits per heavy atom. The largest absolute Gasteiger partial charge is 0.319 e. The minimum atomic E-state index is -0.513. The molecule has 6 nitrogen and oxygen atoms in total. The number of anilines is 1. The molecule has 0 spiro atoms. The van der Waals surface area contributed by atoms with E-state index in [0.717, 1.165) is 14.6 Å². The van der Waals surface area contributed by atoms with Crippen molar-refractivity contribution in [3.05, 3.63) is 58.6 Å². The monoisotopic (exact) mass is 359 g/mol. The van der Waals surface area contributed by atoms with Gasteiger partial charge in [0.2, 0.25) is 5.91 Å². The smallest absolute Gasteiger partial charge is 0.292 e. The van der Waals surface area contributed by atoms with Crippen molar-refractivity contribution < 1.29 is 9.72 Å². The molecule has 3 aromatic rings. The molecule has 0 aliphatic heterocycles. The summed E-state index contributed by atoms with van der Waals surface area (Å²) in [5.41, 5.74) is 0.976. The van der Waals surface area contributed by atoms with Gasteiger partial charge in [0.1, 0.15) is 5.69 Å². The van der Waals surface area contributed by atoms with Gasteiger partial charge in [0.15, 0.2) is 4.34 Å². The molecule has 122 valence electrons. The lowest BCUT2D eigenvalue weighted by molar-refractivity contribution is -0.383. The first-order chi connectivity index (χ1) is 11.5. The van der Waals surface area contributed by atoms with Crippen LogP contribution in [0.1, 0.15) is 6.92 Å². The molecule has 0 bridgehead atoms. The van der Waals surface area contributed by atoms with Gasteiger partial charge in [0, 0.05) is 6.07 Å². The van der Waals surface area contributed by atoms with Crippen LogP contribution in [0.5, 0.6) is 0 Å². The Bertz CT molecular complexity index is 877. The molecule has 0 radical (unpaired) electrons. The second-order valence-corrected chi connectivity index (χ2v) is 7.59. The maximum absolute atomic E-state index is 12.3. The summed E-state index contributed by atoms with van der Waals surface area (Å²) >= 11 is 2.86. The molecule has 2 aromatic carbocycles. The Hall–Kier alpha value is -2.45. The zero-order valence-electron chi connectivity index (χ0n) is 12.6. The van der Waals surface area contributed by atoms with Crippen molar-refractivity contribution in [3.63, 3.8) is 0 Å². The summed E-state index contributed by atoms with van der Waals surface area (Å²) in [5, 5.41) is 13.2. The molecule has 1 N–H and O–H groups in total. The number of aromatic nitrogens is 1. The van der Waals surface area contributed by atoms with Crippen molar-refractivity contribution in [2.45, 2.75) is 16.5 Å². The van der Waals surface area contributed by atoms with Gasteiger partial charge in [-0.1, -0.05) is 36.0 Å². The number of rotatable bonds is 5. The Morgan fingerprint density at radius 2 is 1.96 bits per heavy atom. The molecule has 0 saturated carbocycles. The molecule has 1 amide bonds. The summed E-state index contributed by atoms with van der Waals surface area (Å²) in [6.45, 7) is 1.75. The fourth-order valence-corrected chi connectivity index (χ4v) is 4.29. The number of nitro benzene ring substituents is 1. The Kier molecular flexibility index (Phi) is 4.77. The summed E-state index contributed by atoms with van der Waals surface area (Å²) in [6, 6.07) is 13.9. The lowest BCUT2D eigenvalue weighted by atomic mass is 10.2. The van der Waals surface area contributed by atoms with Crippen LogP contribution in [0.2, 0.25) is 0 Å². The second-order valence-electron chi connectivity index (χ2n) is 4.97. The van der Waals surface area contributed by atoms with Crippen LogP contribution in [0, 0.1) is 10.1 Å². The molecular weight excluding hydrogens is 346 g/mol. The van der Waals surface area contributed by atoms with Crippen molar-refractivity contribution in [2.24, 2.45) is 0 Å². The van der Waals surface area contributed by atoms with E-state index in [1.54, 1.807) is 19.1 Å². The molecule has 0 fully saturated rings. The third kappa shape index (κ3) is 3.55. The van der Waals surface area contributed by atoms with Crippen LogP contribution in [0.3, 0.4) is 0 Å².